The summed E-state index contributed by atoms with van der Waals surface area (Å²) in [5.41, 5.74) is 2.97. The summed E-state index contributed by atoms with van der Waals surface area (Å²) in [5.74, 6) is 0. The fourth-order valence-corrected chi connectivity index (χ4v) is 2.96. The molecule has 1 unspecified atom stereocenters. The Morgan fingerprint density at radius 3 is 2.33 bits per heavy atom. The topological polar surface area (TPSA) is 21.3 Å². The van der Waals surface area contributed by atoms with E-state index in [9.17, 15) is 0 Å². The number of ether oxygens (including phenoxy) is 1. The van der Waals surface area contributed by atoms with E-state index in [1.807, 2.05) is 0 Å². The zero-order chi connectivity index (χ0) is 13.2. The predicted molar refractivity (Wildman–Crippen MR) is 75.9 cm³/mol. The molecule has 0 aromatic heterocycles. The van der Waals surface area contributed by atoms with Gasteiger partial charge in [0.15, 0.2) is 0 Å². The van der Waals surface area contributed by atoms with E-state index in [0.717, 1.165) is 19.3 Å². The van der Waals surface area contributed by atoms with Gasteiger partial charge < -0.3 is 10.1 Å². The maximum absolute atomic E-state index is 5.49. The van der Waals surface area contributed by atoms with Crippen LogP contribution < -0.4 is 5.32 Å². The second-order valence-electron chi connectivity index (χ2n) is 6.11. The summed E-state index contributed by atoms with van der Waals surface area (Å²) in [6.07, 6.45) is 3.36. The lowest BCUT2D eigenvalue weighted by molar-refractivity contribution is 0.00778. The summed E-state index contributed by atoms with van der Waals surface area (Å²) in [6.45, 7) is 6.55. The van der Waals surface area contributed by atoms with Gasteiger partial charge in [-0.25, -0.2) is 0 Å². The Morgan fingerprint density at radius 1 is 1.28 bits per heavy atom. The Kier molecular flexibility index (Phi) is 4.08. The van der Waals surface area contributed by atoms with Crippen LogP contribution in [-0.2, 0) is 17.6 Å². The van der Waals surface area contributed by atoms with E-state index in [2.05, 4.69) is 50.4 Å². The standard InChI is InChI=1S/C16H25NO/c1-12(11-16(2,3)18-4)17-15-9-13-7-5-6-8-14(13)10-15/h5-8,12,15,17H,9-11H2,1-4H3. The summed E-state index contributed by atoms with van der Waals surface area (Å²) in [5, 5.41) is 3.74. The lowest BCUT2D eigenvalue weighted by Crippen LogP contribution is -2.41. The number of rotatable bonds is 5. The highest BCUT2D eigenvalue weighted by molar-refractivity contribution is 5.33. The predicted octanol–water partition coefficient (Wildman–Crippen LogP) is 2.95. The first-order valence-electron chi connectivity index (χ1n) is 6.88. The molecule has 0 fully saturated rings. The molecule has 1 aliphatic rings. The van der Waals surface area contributed by atoms with Crippen molar-refractivity contribution in [3.63, 3.8) is 0 Å². The minimum atomic E-state index is -0.0438. The van der Waals surface area contributed by atoms with Crippen molar-refractivity contribution in [3.8, 4) is 0 Å². The molecule has 1 N–H and O–H groups in total. The third-order valence-electron chi connectivity index (χ3n) is 3.92. The molecule has 1 aromatic carbocycles. The van der Waals surface area contributed by atoms with Gasteiger partial charge in [-0.1, -0.05) is 24.3 Å². The Labute approximate surface area is 111 Å². The highest BCUT2D eigenvalue weighted by Crippen LogP contribution is 2.23. The van der Waals surface area contributed by atoms with E-state index in [4.69, 9.17) is 4.74 Å². The van der Waals surface area contributed by atoms with Crippen molar-refractivity contribution in [2.45, 2.75) is 57.7 Å². The molecule has 0 saturated heterocycles. The van der Waals surface area contributed by atoms with Gasteiger partial charge in [0, 0.05) is 19.2 Å². The first kappa shape index (κ1) is 13.6. The lowest BCUT2D eigenvalue weighted by Gasteiger charge is -2.28. The molecule has 0 saturated carbocycles. The van der Waals surface area contributed by atoms with Crippen molar-refractivity contribution in [2.75, 3.05) is 7.11 Å². The zero-order valence-electron chi connectivity index (χ0n) is 12.0. The maximum atomic E-state index is 5.49. The number of hydrogen-bond acceptors (Lipinski definition) is 2. The van der Waals surface area contributed by atoms with Crippen LogP contribution in [0.4, 0.5) is 0 Å². The quantitative estimate of drug-likeness (QED) is 0.864. The molecule has 0 aliphatic heterocycles. The molecular formula is C16H25NO. The van der Waals surface area contributed by atoms with Crippen LogP contribution in [0, 0.1) is 0 Å². The molecule has 18 heavy (non-hydrogen) atoms. The molecule has 2 rings (SSSR count). The summed E-state index contributed by atoms with van der Waals surface area (Å²) in [6, 6.07) is 9.85. The molecule has 0 heterocycles. The monoisotopic (exact) mass is 247 g/mol. The van der Waals surface area contributed by atoms with E-state index in [1.165, 1.54) is 11.1 Å². The second-order valence-corrected chi connectivity index (χ2v) is 6.11. The second kappa shape index (κ2) is 5.41. The van der Waals surface area contributed by atoms with Crippen LogP contribution in [0.1, 0.15) is 38.3 Å². The summed E-state index contributed by atoms with van der Waals surface area (Å²) >= 11 is 0. The van der Waals surface area contributed by atoms with E-state index in [-0.39, 0.29) is 5.60 Å². The number of methoxy groups -OCH3 is 1. The van der Waals surface area contributed by atoms with Crippen molar-refractivity contribution >= 4 is 0 Å². The number of fused-ring (bicyclic) bond motifs is 1. The fraction of sp³-hybridized carbons (Fsp3) is 0.625. The van der Waals surface area contributed by atoms with E-state index in [1.54, 1.807) is 7.11 Å². The van der Waals surface area contributed by atoms with Crippen molar-refractivity contribution in [3.05, 3.63) is 35.4 Å². The Morgan fingerprint density at radius 2 is 1.83 bits per heavy atom. The zero-order valence-corrected chi connectivity index (χ0v) is 12.0. The van der Waals surface area contributed by atoms with E-state index >= 15 is 0 Å². The van der Waals surface area contributed by atoms with Crippen LogP contribution in [0.5, 0.6) is 0 Å². The van der Waals surface area contributed by atoms with Gasteiger partial charge in [0.25, 0.3) is 0 Å². The van der Waals surface area contributed by atoms with Gasteiger partial charge in [0.05, 0.1) is 5.60 Å². The highest BCUT2D eigenvalue weighted by Gasteiger charge is 2.25. The number of benzene rings is 1. The molecule has 0 amide bonds. The molecule has 0 spiro atoms. The molecule has 0 bridgehead atoms. The molecule has 2 heteroatoms. The molecular weight excluding hydrogens is 222 g/mol. The van der Waals surface area contributed by atoms with E-state index in [0.29, 0.717) is 12.1 Å². The third-order valence-corrected chi connectivity index (χ3v) is 3.92. The van der Waals surface area contributed by atoms with Gasteiger partial charge in [-0.3, -0.25) is 0 Å². The van der Waals surface area contributed by atoms with Crippen molar-refractivity contribution in [1.82, 2.24) is 5.32 Å². The minimum Gasteiger partial charge on any atom is -0.379 e. The van der Waals surface area contributed by atoms with Crippen LogP contribution in [0.25, 0.3) is 0 Å². The maximum Gasteiger partial charge on any atom is 0.0637 e. The largest absolute Gasteiger partial charge is 0.379 e. The van der Waals surface area contributed by atoms with Gasteiger partial charge in [0.2, 0.25) is 0 Å². The van der Waals surface area contributed by atoms with Gasteiger partial charge in [-0.05, 0) is 51.2 Å². The highest BCUT2D eigenvalue weighted by atomic mass is 16.5. The third kappa shape index (κ3) is 3.33. The van der Waals surface area contributed by atoms with Crippen LogP contribution >= 0.6 is 0 Å². The van der Waals surface area contributed by atoms with Crippen LogP contribution in [0.15, 0.2) is 24.3 Å². The Balaban J connectivity index is 1.86. The van der Waals surface area contributed by atoms with Gasteiger partial charge in [0.1, 0.15) is 0 Å². The van der Waals surface area contributed by atoms with Gasteiger partial charge in [-0.2, -0.15) is 0 Å². The number of hydrogen-bond donors (Lipinski definition) is 1. The van der Waals surface area contributed by atoms with Crippen LogP contribution in [0.3, 0.4) is 0 Å². The van der Waals surface area contributed by atoms with Crippen molar-refractivity contribution in [1.29, 1.82) is 0 Å². The molecule has 1 aliphatic carbocycles. The van der Waals surface area contributed by atoms with Gasteiger partial charge in [-0.15, -0.1) is 0 Å². The normalized spacial score (nSPS) is 17.8. The fourth-order valence-electron chi connectivity index (χ4n) is 2.96. The average molecular weight is 247 g/mol. The summed E-state index contributed by atoms with van der Waals surface area (Å²) in [7, 11) is 1.79. The molecule has 1 aromatic rings. The Hall–Kier alpha value is -0.860. The van der Waals surface area contributed by atoms with Crippen molar-refractivity contribution < 1.29 is 4.74 Å². The summed E-state index contributed by atoms with van der Waals surface area (Å²) < 4.78 is 5.49. The lowest BCUT2D eigenvalue weighted by atomic mass is 9.99. The number of nitrogens with one attached hydrogen (secondary N) is 1. The molecule has 0 radical (unpaired) electrons. The molecule has 2 nitrogen and oxygen atoms in total. The van der Waals surface area contributed by atoms with Crippen molar-refractivity contribution in [2.24, 2.45) is 0 Å². The Bertz CT molecular complexity index is 375. The SMILES string of the molecule is COC(C)(C)CC(C)NC1Cc2ccccc2C1. The summed E-state index contributed by atoms with van der Waals surface area (Å²) in [4.78, 5) is 0. The van der Waals surface area contributed by atoms with Gasteiger partial charge >= 0.3 is 0 Å². The minimum absolute atomic E-state index is 0.0438. The average Bonchev–Trinajstić information content (AvgIpc) is 2.70. The van der Waals surface area contributed by atoms with Crippen LogP contribution in [0.2, 0.25) is 0 Å². The first-order chi connectivity index (χ1) is 8.50. The van der Waals surface area contributed by atoms with E-state index < -0.39 is 0 Å². The molecule has 1 atom stereocenters. The smallest absolute Gasteiger partial charge is 0.0637 e. The molecule has 100 valence electrons. The first-order valence-corrected chi connectivity index (χ1v) is 6.88. The van der Waals surface area contributed by atoms with Crippen LogP contribution in [-0.4, -0.2) is 24.8 Å².